The molecule has 7 heteroatoms. The molecule has 0 aromatic carbocycles. The number of likely N-dealkylation sites (tertiary alicyclic amines) is 1. The van der Waals surface area contributed by atoms with E-state index in [-0.39, 0.29) is 29.9 Å². The number of nitrogens with one attached hydrogen (secondary N) is 1. The van der Waals surface area contributed by atoms with Crippen molar-refractivity contribution in [3.8, 4) is 11.4 Å². The largest absolute Gasteiger partial charge is 0.396 e. The van der Waals surface area contributed by atoms with Crippen LogP contribution < -0.4 is 5.56 Å². The number of nitrogens with zero attached hydrogens (tertiary/aromatic N) is 3. The van der Waals surface area contributed by atoms with E-state index in [9.17, 15) is 9.59 Å². The summed E-state index contributed by atoms with van der Waals surface area (Å²) in [5.74, 6) is 0.553. The summed E-state index contributed by atoms with van der Waals surface area (Å²) in [6.45, 7) is 1.18. The molecule has 1 aliphatic heterocycles. The topological polar surface area (TPSA) is 99.2 Å². The first kappa shape index (κ1) is 16.9. The third-order valence-electron chi connectivity index (χ3n) is 5.71. The van der Waals surface area contributed by atoms with Gasteiger partial charge in [0.1, 0.15) is 5.82 Å². The molecule has 2 N–H and O–H groups in total. The van der Waals surface area contributed by atoms with E-state index in [1.807, 2.05) is 17.0 Å². The maximum absolute atomic E-state index is 12.6. The van der Waals surface area contributed by atoms with Crippen LogP contribution in [0.1, 0.15) is 36.9 Å². The Morgan fingerprint density at radius 2 is 2.12 bits per heavy atom. The maximum Gasteiger partial charge on any atom is 0.254 e. The minimum absolute atomic E-state index is 0.00418. The van der Waals surface area contributed by atoms with Gasteiger partial charge < -0.3 is 15.0 Å². The van der Waals surface area contributed by atoms with Crippen LogP contribution in [0.2, 0.25) is 0 Å². The zero-order chi connectivity index (χ0) is 18.1. The lowest BCUT2D eigenvalue weighted by molar-refractivity contribution is -0.133. The number of amides is 1. The van der Waals surface area contributed by atoms with Crippen LogP contribution >= 0.6 is 0 Å². The van der Waals surface area contributed by atoms with Crippen LogP contribution in [-0.2, 0) is 16.6 Å². The summed E-state index contributed by atoms with van der Waals surface area (Å²) in [5.41, 5.74) is 2.29. The summed E-state index contributed by atoms with van der Waals surface area (Å²) < 4.78 is 0. The highest BCUT2D eigenvalue weighted by atomic mass is 16.3. The third-order valence-corrected chi connectivity index (χ3v) is 5.71. The van der Waals surface area contributed by atoms with Crippen molar-refractivity contribution in [2.24, 2.45) is 0 Å². The van der Waals surface area contributed by atoms with Gasteiger partial charge in [-0.1, -0.05) is 0 Å². The molecular weight excluding hydrogens is 332 g/mol. The molecule has 3 heterocycles. The van der Waals surface area contributed by atoms with Crippen molar-refractivity contribution in [2.45, 2.75) is 37.5 Å². The van der Waals surface area contributed by atoms with Crippen LogP contribution in [0.25, 0.3) is 11.4 Å². The van der Waals surface area contributed by atoms with E-state index in [2.05, 4.69) is 9.97 Å². The van der Waals surface area contributed by atoms with Gasteiger partial charge in [0.05, 0.1) is 12.3 Å². The number of hydrogen-bond acceptors (Lipinski definition) is 5. The highest BCUT2D eigenvalue weighted by Crippen LogP contribution is 2.44. The van der Waals surface area contributed by atoms with Crippen molar-refractivity contribution in [1.82, 2.24) is 19.9 Å². The lowest BCUT2D eigenvalue weighted by Gasteiger charge is -2.39. The molecule has 1 saturated heterocycles. The molecule has 0 unspecified atom stereocenters. The Bertz CT molecular complexity index is 870. The van der Waals surface area contributed by atoms with Gasteiger partial charge >= 0.3 is 0 Å². The maximum atomic E-state index is 12.6. The first-order valence-electron chi connectivity index (χ1n) is 9.06. The molecule has 2 aromatic heterocycles. The van der Waals surface area contributed by atoms with Gasteiger partial charge in [0.15, 0.2) is 0 Å². The number of aromatic amines is 1. The highest BCUT2D eigenvalue weighted by Gasteiger charge is 2.44. The van der Waals surface area contributed by atoms with E-state index in [0.29, 0.717) is 18.9 Å². The van der Waals surface area contributed by atoms with Gasteiger partial charge in [-0.15, -0.1) is 0 Å². The van der Waals surface area contributed by atoms with Gasteiger partial charge in [0.25, 0.3) is 5.56 Å². The van der Waals surface area contributed by atoms with Crippen molar-refractivity contribution >= 4 is 5.91 Å². The number of aliphatic hydroxyl groups is 1. The van der Waals surface area contributed by atoms with E-state index in [1.54, 1.807) is 12.4 Å². The van der Waals surface area contributed by atoms with Gasteiger partial charge in [0, 0.05) is 48.4 Å². The number of hydrogen-bond donors (Lipinski definition) is 2. The summed E-state index contributed by atoms with van der Waals surface area (Å²) in [6.07, 6.45) is 6.80. The molecular formula is C19H22N4O3. The van der Waals surface area contributed by atoms with Gasteiger partial charge in [-0.2, -0.15) is 0 Å². The van der Waals surface area contributed by atoms with Crippen molar-refractivity contribution in [1.29, 1.82) is 0 Å². The summed E-state index contributed by atoms with van der Waals surface area (Å²) in [6, 6.07) is 3.71. The summed E-state index contributed by atoms with van der Waals surface area (Å²) >= 11 is 0. The predicted molar refractivity (Wildman–Crippen MR) is 95.6 cm³/mol. The molecule has 0 bridgehead atoms. The first-order chi connectivity index (χ1) is 12.6. The number of aliphatic hydroxyl groups excluding tert-OH is 1. The summed E-state index contributed by atoms with van der Waals surface area (Å²) in [5, 5.41) is 8.97. The van der Waals surface area contributed by atoms with Gasteiger partial charge in [-0.3, -0.25) is 14.6 Å². The van der Waals surface area contributed by atoms with Gasteiger partial charge in [-0.25, -0.2) is 4.98 Å². The Kier molecular flexibility index (Phi) is 4.32. The SMILES string of the molecule is O=C(CCO)N1CCC2(CCc3c2nc(-c2cccnc2)[nH]c3=O)CC1. The van der Waals surface area contributed by atoms with E-state index < -0.39 is 0 Å². The number of H-pyrrole nitrogens is 1. The van der Waals surface area contributed by atoms with Crippen molar-refractivity contribution in [3.05, 3.63) is 46.1 Å². The molecule has 7 nitrogen and oxygen atoms in total. The third kappa shape index (κ3) is 2.82. The zero-order valence-electron chi connectivity index (χ0n) is 14.6. The Balaban J connectivity index is 1.65. The number of aromatic nitrogens is 3. The molecule has 26 heavy (non-hydrogen) atoms. The molecule has 1 spiro atoms. The minimum Gasteiger partial charge on any atom is -0.396 e. The van der Waals surface area contributed by atoms with Crippen LogP contribution in [0.15, 0.2) is 29.3 Å². The quantitative estimate of drug-likeness (QED) is 0.857. The fourth-order valence-electron chi connectivity index (χ4n) is 4.22. The number of carbonyl (C=O) groups is 1. The molecule has 1 amide bonds. The molecule has 0 radical (unpaired) electrons. The number of rotatable bonds is 3. The lowest BCUT2D eigenvalue weighted by atomic mass is 9.76. The molecule has 0 atom stereocenters. The smallest absolute Gasteiger partial charge is 0.254 e. The van der Waals surface area contributed by atoms with Crippen LogP contribution in [0.5, 0.6) is 0 Å². The standard InChI is InChI=1S/C19H22N4O3/c24-11-4-15(25)23-9-6-19(7-10-23)5-3-14-16(19)21-17(22-18(14)26)13-2-1-8-20-12-13/h1-2,8,12,24H,3-7,9-11H2,(H,21,22,26). The van der Waals surface area contributed by atoms with E-state index >= 15 is 0 Å². The van der Waals surface area contributed by atoms with Crippen molar-refractivity contribution < 1.29 is 9.90 Å². The summed E-state index contributed by atoms with van der Waals surface area (Å²) in [4.78, 5) is 38.3. The molecule has 0 saturated carbocycles. The zero-order valence-corrected chi connectivity index (χ0v) is 14.6. The van der Waals surface area contributed by atoms with Crippen molar-refractivity contribution in [2.75, 3.05) is 19.7 Å². The Labute approximate surface area is 151 Å². The fourth-order valence-corrected chi connectivity index (χ4v) is 4.22. The lowest BCUT2D eigenvalue weighted by Crippen LogP contribution is -2.45. The van der Waals surface area contributed by atoms with Crippen LogP contribution in [0, 0.1) is 0 Å². The molecule has 136 valence electrons. The number of piperidine rings is 1. The first-order valence-corrected chi connectivity index (χ1v) is 9.06. The molecule has 4 rings (SSSR count). The second-order valence-corrected chi connectivity index (χ2v) is 7.12. The fraction of sp³-hybridized carbons (Fsp3) is 0.474. The Hall–Kier alpha value is -2.54. The molecule has 2 aliphatic rings. The monoisotopic (exact) mass is 354 g/mol. The molecule has 1 fully saturated rings. The van der Waals surface area contributed by atoms with E-state index in [4.69, 9.17) is 10.1 Å². The average Bonchev–Trinajstić information content (AvgIpc) is 3.02. The Morgan fingerprint density at radius 3 is 2.81 bits per heavy atom. The molecule has 2 aromatic rings. The van der Waals surface area contributed by atoms with E-state index in [1.165, 1.54) is 0 Å². The van der Waals surface area contributed by atoms with Crippen LogP contribution in [-0.4, -0.2) is 50.6 Å². The number of carbonyl (C=O) groups excluding carboxylic acids is 1. The predicted octanol–water partition coefficient (Wildman–Crippen LogP) is 1.02. The highest BCUT2D eigenvalue weighted by molar-refractivity contribution is 5.76. The van der Waals surface area contributed by atoms with Crippen LogP contribution in [0.4, 0.5) is 0 Å². The second-order valence-electron chi connectivity index (χ2n) is 7.12. The van der Waals surface area contributed by atoms with Gasteiger partial charge in [-0.05, 0) is 37.8 Å². The van der Waals surface area contributed by atoms with Crippen LogP contribution in [0.3, 0.4) is 0 Å². The number of pyridine rings is 1. The second kappa shape index (κ2) is 6.64. The Morgan fingerprint density at radius 1 is 1.31 bits per heavy atom. The normalized spacial score (nSPS) is 18.1. The van der Waals surface area contributed by atoms with Gasteiger partial charge in [0.2, 0.25) is 5.91 Å². The number of fused-ring (bicyclic) bond motifs is 2. The average molecular weight is 354 g/mol. The summed E-state index contributed by atoms with van der Waals surface area (Å²) in [7, 11) is 0. The minimum atomic E-state index is -0.128. The molecule has 1 aliphatic carbocycles. The van der Waals surface area contributed by atoms with E-state index in [0.717, 1.165) is 42.5 Å². The van der Waals surface area contributed by atoms with Crippen molar-refractivity contribution in [3.63, 3.8) is 0 Å².